The fraction of sp³-hybridized carbons (Fsp3) is 0.278. The Morgan fingerprint density at radius 3 is 2.43 bits per heavy atom. The van der Waals surface area contributed by atoms with Gasteiger partial charge in [0, 0.05) is 18.7 Å². The lowest BCUT2D eigenvalue weighted by atomic mass is 10.2. The molecule has 0 bridgehead atoms. The highest BCUT2D eigenvalue weighted by molar-refractivity contribution is 7.15. The van der Waals surface area contributed by atoms with Crippen molar-refractivity contribution >= 4 is 34.5 Å². The molecule has 0 saturated carbocycles. The number of thiazole rings is 1. The summed E-state index contributed by atoms with van der Waals surface area (Å²) in [5, 5.41) is 0.550. The first-order chi connectivity index (χ1) is 14.0. The summed E-state index contributed by atoms with van der Waals surface area (Å²) in [5.74, 6) is 0.410. The van der Waals surface area contributed by atoms with E-state index < -0.39 is 23.1 Å². The fourth-order valence-electron chi connectivity index (χ4n) is 2.76. The van der Waals surface area contributed by atoms with Gasteiger partial charge in [0.25, 0.3) is 5.56 Å². The van der Waals surface area contributed by atoms with Crippen molar-refractivity contribution in [1.29, 1.82) is 0 Å². The molecule has 6 nitrogen and oxygen atoms in total. The normalized spacial score (nSPS) is 11.7. The molecule has 0 atom stereocenters. The first-order valence-corrected chi connectivity index (χ1v) is 10.0. The fourth-order valence-corrected chi connectivity index (χ4v) is 4.26. The largest absolute Gasteiger partial charge is 0.477 e. The summed E-state index contributed by atoms with van der Waals surface area (Å²) in [6.45, 7) is 4.01. The van der Waals surface area contributed by atoms with Crippen LogP contribution in [0.2, 0.25) is 10.0 Å². The molecule has 0 aliphatic heterocycles. The Labute approximate surface area is 182 Å². The molecule has 1 aromatic carbocycles. The van der Waals surface area contributed by atoms with Gasteiger partial charge in [0.15, 0.2) is 0 Å². The van der Waals surface area contributed by atoms with Gasteiger partial charge >= 0.3 is 11.9 Å². The standard InChI is InChI=1S/C18H14Cl2F3N3O3S/c1-4-29-15-8(2)30-16(24-15)9-5-12(11(20)6-10(9)19)26-14(27)7-13(18(21,22)23)25(3)17(26)28/h5-7H,4H2,1-3H3. The quantitative estimate of drug-likeness (QED) is 0.544. The molecule has 0 fully saturated rings. The van der Waals surface area contributed by atoms with E-state index in [4.69, 9.17) is 27.9 Å². The summed E-state index contributed by atoms with van der Waals surface area (Å²) in [5.41, 5.74) is -3.50. The van der Waals surface area contributed by atoms with Crippen LogP contribution in [0.5, 0.6) is 5.88 Å². The number of benzene rings is 1. The van der Waals surface area contributed by atoms with Crippen LogP contribution in [0.15, 0.2) is 27.8 Å². The molecule has 3 aromatic rings. The third-order valence-corrected chi connectivity index (χ3v) is 5.75. The van der Waals surface area contributed by atoms with E-state index >= 15 is 0 Å². The van der Waals surface area contributed by atoms with E-state index in [1.807, 2.05) is 0 Å². The van der Waals surface area contributed by atoms with Crippen molar-refractivity contribution < 1.29 is 17.9 Å². The number of rotatable bonds is 4. The lowest BCUT2D eigenvalue weighted by molar-refractivity contribution is -0.144. The van der Waals surface area contributed by atoms with Crippen LogP contribution in [0.3, 0.4) is 0 Å². The molecule has 30 heavy (non-hydrogen) atoms. The Morgan fingerprint density at radius 1 is 1.17 bits per heavy atom. The molecule has 0 saturated heterocycles. The molecule has 0 aliphatic carbocycles. The number of alkyl halides is 3. The molecular weight excluding hydrogens is 466 g/mol. The second-order valence-corrected chi connectivity index (χ2v) is 8.16. The Kier molecular flexibility index (Phi) is 6.03. The molecule has 160 valence electrons. The van der Waals surface area contributed by atoms with Gasteiger partial charge in [-0.3, -0.25) is 9.36 Å². The van der Waals surface area contributed by atoms with E-state index in [1.165, 1.54) is 23.5 Å². The SMILES string of the molecule is CCOc1nc(-c2cc(-n3c(=O)cc(C(F)(F)F)n(C)c3=O)c(Cl)cc2Cl)sc1C. The Morgan fingerprint density at radius 2 is 1.83 bits per heavy atom. The van der Waals surface area contributed by atoms with E-state index in [1.54, 1.807) is 13.8 Å². The second-order valence-electron chi connectivity index (χ2n) is 6.14. The first kappa shape index (κ1) is 22.4. The molecule has 0 spiro atoms. The van der Waals surface area contributed by atoms with Gasteiger partial charge in [-0.05, 0) is 26.0 Å². The van der Waals surface area contributed by atoms with Crippen LogP contribution in [0.25, 0.3) is 16.3 Å². The Hall–Kier alpha value is -2.30. The molecule has 0 unspecified atom stereocenters. The van der Waals surface area contributed by atoms with E-state index in [9.17, 15) is 22.8 Å². The van der Waals surface area contributed by atoms with Gasteiger partial charge in [-0.25, -0.2) is 14.3 Å². The highest BCUT2D eigenvalue weighted by Crippen LogP contribution is 2.38. The van der Waals surface area contributed by atoms with Crippen LogP contribution in [0, 0.1) is 6.92 Å². The van der Waals surface area contributed by atoms with E-state index in [-0.39, 0.29) is 15.7 Å². The molecule has 0 N–H and O–H groups in total. The van der Waals surface area contributed by atoms with E-state index in [0.717, 1.165) is 11.9 Å². The summed E-state index contributed by atoms with van der Waals surface area (Å²) < 4.78 is 45.6. The number of aryl methyl sites for hydroxylation is 1. The van der Waals surface area contributed by atoms with E-state index in [2.05, 4.69) is 4.98 Å². The monoisotopic (exact) mass is 479 g/mol. The average Bonchev–Trinajstić information content (AvgIpc) is 2.99. The van der Waals surface area contributed by atoms with Crippen LogP contribution in [0.1, 0.15) is 17.5 Å². The van der Waals surface area contributed by atoms with Crippen molar-refractivity contribution in [3.63, 3.8) is 0 Å². The summed E-state index contributed by atoms with van der Waals surface area (Å²) in [6.07, 6.45) is -4.87. The average molecular weight is 480 g/mol. The van der Waals surface area contributed by atoms with E-state index in [0.29, 0.717) is 38.3 Å². The van der Waals surface area contributed by atoms with Gasteiger partial charge < -0.3 is 4.74 Å². The number of halogens is 5. The minimum Gasteiger partial charge on any atom is -0.477 e. The van der Waals surface area contributed by atoms with Crippen molar-refractivity contribution in [2.75, 3.05) is 6.61 Å². The lowest BCUT2D eigenvalue weighted by Gasteiger charge is -2.15. The van der Waals surface area contributed by atoms with Crippen molar-refractivity contribution in [3.8, 4) is 22.1 Å². The molecule has 0 radical (unpaired) electrons. The molecule has 0 amide bonds. The Balaban J connectivity index is 2.26. The van der Waals surface area contributed by atoms with Gasteiger partial charge in [-0.15, -0.1) is 11.3 Å². The summed E-state index contributed by atoms with van der Waals surface area (Å²) >= 11 is 13.7. The van der Waals surface area contributed by atoms with Gasteiger partial charge in [0.05, 0.1) is 27.2 Å². The van der Waals surface area contributed by atoms with Crippen LogP contribution in [-0.2, 0) is 13.2 Å². The molecule has 0 aliphatic rings. The van der Waals surface area contributed by atoms with Gasteiger partial charge in [-0.1, -0.05) is 23.2 Å². The van der Waals surface area contributed by atoms with Crippen LogP contribution < -0.4 is 16.0 Å². The lowest BCUT2D eigenvalue weighted by Crippen LogP contribution is -2.40. The highest BCUT2D eigenvalue weighted by Gasteiger charge is 2.35. The van der Waals surface area contributed by atoms with Crippen LogP contribution >= 0.6 is 34.5 Å². The number of hydrogen-bond donors (Lipinski definition) is 0. The first-order valence-electron chi connectivity index (χ1n) is 8.46. The van der Waals surface area contributed by atoms with Crippen molar-refractivity contribution in [1.82, 2.24) is 14.1 Å². The zero-order valence-electron chi connectivity index (χ0n) is 15.8. The smallest absolute Gasteiger partial charge is 0.431 e. The maximum Gasteiger partial charge on any atom is 0.431 e. The Bertz CT molecular complexity index is 1250. The van der Waals surface area contributed by atoms with Gasteiger partial charge in [-0.2, -0.15) is 13.2 Å². The molecule has 3 rings (SSSR count). The predicted octanol–water partition coefficient (Wildman–Crippen LogP) is 4.69. The summed E-state index contributed by atoms with van der Waals surface area (Å²) in [7, 11) is 0.921. The van der Waals surface area contributed by atoms with Crippen LogP contribution in [-0.4, -0.2) is 20.7 Å². The van der Waals surface area contributed by atoms with Crippen LogP contribution in [0.4, 0.5) is 13.2 Å². The topological polar surface area (TPSA) is 66.1 Å². The number of aromatic nitrogens is 3. The number of ether oxygens (including phenoxy) is 1. The zero-order valence-corrected chi connectivity index (χ0v) is 18.1. The third kappa shape index (κ3) is 3.99. The van der Waals surface area contributed by atoms with Gasteiger partial charge in [0.2, 0.25) is 5.88 Å². The third-order valence-electron chi connectivity index (χ3n) is 4.15. The number of nitrogens with zero attached hydrogens (tertiary/aromatic N) is 3. The molecule has 12 heteroatoms. The zero-order chi connectivity index (χ0) is 22.4. The minimum atomic E-state index is -4.87. The number of hydrogen-bond acceptors (Lipinski definition) is 5. The summed E-state index contributed by atoms with van der Waals surface area (Å²) in [4.78, 5) is 30.1. The second kappa shape index (κ2) is 8.09. The maximum atomic E-state index is 13.1. The minimum absolute atomic E-state index is 0.0824. The maximum absolute atomic E-state index is 13.1. The van der Waals surface area contributed by atoms with Crippen molar-refractivity contribution in [2.24, 2.45) is 7.05 Å². The van der Waals surface area contributed by atoms with Crippen molar-refractivity contribution in [3.05, 3.63) is 59.7 Å². The molecule has 2 heterocycles. The van der Waals surface area contributed by atoms with Gasteiger partial charge in [0.1, 0.15) is 10.7 Å². The predicted molar refractivity (Wildman–Crippen MR) is 109 cm³/mol. The molecule has 2 aromatic heterocycles. The highest BCUT2D eigenvalue weighted by atomic mass is 35.5. The summed E-state index contributed by atoms with van der Waals surface area (Å²) in [6, 6.07) is 2.98. The van der Waals surface area contributed by atoms with Crippen molar-refractivity contribution in [2.45, 2.75) is 20.0 Å². The molecular formula is C18H14Cl2F3N3O3S.